The van der Waals surface area contributed by atoms with Crippen molar-refractivity contribution < 1.29 is 4.79 Å². The van der Waals surface area contributed by atoms with Gasteiger partial charge in [0.1, 0.15) is 0 Å². The molecule has 4 heteroatoms. The number of amides is 1. The van der Waals surface area contributed by atoms with Gasteiger partial charge >= 0.3 is 0 Å². The molecule has 1 aliphatic heterocycles. The maximum atomic E-state index is 12.8. The first kappa shape index (κ1) is 14.8. The van der Waals surface area contributed by atoms with Crippen LogP contribution < -0.4 is 5.32 Å². The highest BCUT2D eigenvalue weighted by molar-refractivity contribution is 5.89. The first-order chi connectivity index (χ1) is 9.00. The van der Waals surface area contributed by atoms with Gasteiger partial charge in [0, 0.05) is 6.04 Å². The monoisotopic (exact) mass is 267 g/mol. The van der Waals surface area contributed by atoms with Crippen molar-refractivity contribution in [2.24, 2.45) is 0 Å². The van der Waals surface area contributed by atoms with Crippen LogP contribution in [0.4, 0.5) is 0 Å². The van der Waals surface area contributed by atoms with Gasteiger partial charge in [0.05, 0.1) is 11.7 Å². The van der Waals surface area contributed by atoms with E-state index < -0.39 is 0 Å². The molecule has 4 nitrogen and oxygen atoms in total. The predicted molar refractivity (Wildman–Crippen MR) is 77.9 cm³/mol. The van der Waals surface area contributed by atoms with Crippen LogP contribution in [0, 0.1) is 0 Å². The van der Waals surface area contributed by atoms with E-state index in [9.17, 15) is 4.79 Å². The smallest absolute Gasteiger partial charge is 0.244 e. The minimum absolute atomic E-state index is 0.215. The van der Waals surface area contributed by atoms with E-state index in [1.165, 1.54) is 12.8 Å². The Kier molecular flexibility index (Phi) is 4.51. The number of nitrogens with zero attached hydrogens (tertiary/aromatic N) is 2. The lowest BCUT2D eigenvalue weighted by Gasteiger charge is -2.30. The van der Waals surface area contributed by atoms with Crippen molar-refractivity contribution in [1.29, 1.82) is 0 Å². The Balaban J connectivity index is 2.07. The molecule has 0 aromatic heterocycles. The van der Waals surface area contributed by atoms with Gasteiger partial charge in [0.2, 0.25) is 5.91 Å². The fourth-order valence-corrected chi connectivity index (χ4v) is 3.57. The zero-order valence-electron chi connectivity index (χ0n) is 12.9. The number of nitrogens with one attached hydrogen (secondary N) is 1. The number of hydrogen-bond donors (Lipinski definition) is 1. The van der Waals surface area contributed by atoms with Crippen molar-refractivity contribution in [3.05, 3.63) is 0 Å². The molecule has 1 heterocycles. The standard InChI is InChI=1S/C15H29N3O/c1-5-13-16-15(9-6-7-10-15)14(19)18(13)12(2)8-11-17(3)4/h12-13,16H,5-11H2,1-4H3. The SMILES string of the molecule is CCC1NC2(CCCC2)C(=O)N1C(C)CCN(C)C. The molecule has 1 saturated heterocycles. The minimum Gasteiger partial charge on any atom is -0.323 e. The molecular formula is C15H29N3O. The molecule has 2 unspecified atom stereocenters. The molecular weight excluding hydrogens is 238 g/mol. The van der Waals surface area contributed by atoms with Crippen LogP contribution in [0.5, 0.6) is 0 Å². The quantitative estimate of drug-likeness (QED) is 0.825. The van der Waals surface area contributed by atoms with E-state index in [-0.39, 0.29) is 11.7 Å². The van der Waals surface area contributed by atoms with Gasteiger partial charge in [-0.25, -0.2) is 0 Å². The topological polar surface area (TPSA) is 35.6 Å². The predicted octanol–water partition coefficient (Wildman–Crippen LogP) is 1.81. The fourth-order valence-electron chi connectivity index (χ4n) is 3.57. The van der Waals surface area contributed by atoms with Gasteiger partial charge in [-0.2, -0.15) is 0 Å². The zero-order valence-corrected chi connectivity index (χ0v) is 12.9. The Morgan fingerprint density at radius 3 is 2.58 bits per heavy atom. The second-order valence-corrected chi connectivity index (χ2v) is 6.51. The summed E-state index contributed by atoms with van der Waals surface area (Å²) in [6.45, 7) is 5.40. The number of carbonyl (C=O) groups excluding carboxylic acids is 1. The third-order valence-corrected chi connectivity index (χ3v) is 4.74. The van der Waals surface area contributed by atoms with Crippen molar-refractivity contribution in [2.75, 3.05) is 20.6 Å². The van der Waals surface area contributed by atoms with Gasteiger partial charge in [0.15, 0.2) is 0 Å². The molecule has 1 aliphatic carbocycles. The van der Waals surface area contributed by atoms with Crippen molar-refractivity contribution >= 4 is 5.91 Å². The summed E-state index contributed by atoms with van der Waals surface area (Å²) in [5.74, 6) is 0.364. The molecule has 0 aromatic carbocycles. The van der Waals surface area contributed by atoms with E-state index in [0.29, 0.717) is 11.9 Å². The Morgan fingerprint density at radius 1 is 1.42 bits per heavy atom. The van der Waals surface area contributed by atoms with E-state index in [4.69, 9.17) is 0 Å². The lowest BCUT2D eigenvalue weighted by Crippen LogP contribution is -2.45. The van der Waals surface area contributed by atoms with E-state index in [1.807, 2.05) is 0 Å². The molecule has 19 heavy (non-hydrogen) atoms. The molecule has 1 saturated carbocycles. The number of carbonyl (C=O) groups is 1. The maximum absolute atomic E-state index is 12.8. The van der Waals surface area contributed by atoms with Gasteiger partial charge in [-0.15, -0.1) is 0 Å². The van der Waals surface area contributed by atoms with Crippen LogP contribution in [0.3, 0.4) is 0 Å². The van der Waals surface area contributed by atoms with Crippen LogP contribution in [0.25, 0.3) is 0 Å². The van der Waals surface area contributed by atoms with E-state index in [1.54, 1.807) is 0 Å². The summed E-state index contributed by atoms with van der Waals surface area (Å²) in [5, 5.41) is 3.65. The molecule has 1 spiro atoms. The number of hydrogen-bond acceptors (Lipinski definition) is 3. The van der Waals surface area contributed by atoms with Crippen LogP contribution >= 0.6 is 0 Å². The molecule has 1 N–H and O–H groups in total. The third kappa shape index (κ3) is 2.79. The van der Waals surface area contributed by atoms with Crippen LogP contribution in [0.2, 0.25) is 0 Å². The lowest BCUT2D eigenvalue weighted by molar-refractivity contribution is -0.135. The van der Waals surface area contributed by atoms with Gasteiger partial charge in [-0.05, 0) is 53.2 Å². The number of rotatable bonds is 5. The van der Waals surface area contributed by atoms with Crippen LogP contribution in [-0.4, -0.2) is 54.1 Å². The Hall–Kier alpha value is -0.610. The average molecular weight is 267 g/mol. The van der Waals surface area contributed by atoms with Crippen molar-refractivity contribution in [2.45, 2.75) is 70.1 Å². The first-order valence-electron chi connectivity index (χ1n) is 7.75. The largest absolute Gasteiger partial charge is 0.323 e. The fraction of sp³-hybridized carbons (Fsp3) is 0.933. The summed E-state index contributed by atoms with van der Waals surface area (Å²) in [5.41, 5.74) is -0.215. The molecule has 0 bridgehead atoms. The molecule has 2 atom stereocenters. The zero-order chi connectivity index (χ0) is 14.0. The molecule has 110 valence electrons. The second-order valence-electron chi connectivity index (χ2n) is 6.51. The molecule has 2 rings (SSSR count). The Labute approximate surface area is 117 Å². The summed E-state index contributed by atoms with van der Waals surface area (Å²) in [6.07, 6.45) is 6.72. The van der Waals surface area contributed by atoms with Crippen molar-refractivity contribution in [1.82, 2.24) is 15.1 Å². The highest BCUT2D eigenvalue weighted by Crippen LogP contribution is 2.38. The van der Waals surface area contributed by atoms with E-state index >= 15 is 0 Å². The van der Waals surface area contributed by atoms with Crippen molar-refractivity contribution in [3.8, 4) is 0 Å². The molecule has 1 amide bonds. The first-order valence-corrected chi connectivity index (χ1v) is 7.75. The van der Waals surface area contributed by atoms with Gasteiger partial charge in [0.25, 0.3) is 0 Å². The van der Waals surface area contributed by atoms with Gasteiger partial charge in [-0.3, -0.25) is 10.1 Å². The average Bonchev–Trinajstić information content (AvgIpc) is 2.94. The summed E-state index contributed by atoms with van der Waals surface area (Å²) >= 11 is 0. The Bertz CT molecular complexity index is 323. The summed E-state index contributed by atoms with van der Waals surface area (Å²) < 4.78 is 0. The summed E-state index contributed by atoms with van der Waals surface area (Å²) in [4.78, 5) is 17.2. The summed E-state index contributed by atoms with van der Waals surface area (Å²) in [6, 6.07) is 0.326. The molecule has 2 aliphatic rings. The highest BCUT2D eigenvalue weighted by Gasteiger charge is 2.52. The van der Waals surface area contributed by atoms with E-state index in [2.05, 4.69) is 43.1 Å². The van der Waals surface area contributed by atoms with Gasteiger partial charge in [-0.1, -0.05) is 19.8 Å². The molecule has 0 radical (unpaired) electrons. The highest BCUT2D eigenvalue weighted by atomic mass is 16.2. The minimum atomic E-state index is -0.215. The molecule has 2 fully saturated rings. The van der Waals surface area contributed by atoms with Crippen LogP contribution in [0.1, 0.15) is 52.4 Å². The normalized spacial score (nSPS) is 27.7. The van der Waals surface area contributed by atoms with Gasteiger partial charge < -0.3 is 9.80 Å². The third-order valence-electron chi connectivity index (χ3n) is 4.74. The maximum Gasteiger partial charge on any atom is 0.244 e. The Morgan fingerprint density at radius 2 is 2.05 bits per heavy atom. The molecule has 0 aromatic rings. The van der Waals surface area contributed by atoms with Crippen LogP contribution in [-0.2, 0) is 4.79 Å². The lowest BCUT2D eigenvalue weighted by atomic mass is 9.97. The van der Waals surface area contributed by atoms with Crippen molar-refractivity contribution in [3.63, 3.8) is 0 Å². The van der Waals surface area contributed by atoms with Crippen LogP contribution in [0.15, 0.2) is 0 Å². The summed E-state index contributed by atoms with van der Waals surface area (Å²) in [7, 11) is 4.18. The van der Waals surface area contributed by atoms with E-state index in [0.717, 1.165) is 32.2 Å². The second kappa shape index (κ2) is 5.80.